The van der Waals surface area contributed by atoms with Gasteiger partial charge in [0.15, 0.2) is 5.16 Å². The van der Waals surface area contributed by atoms with Crippen molar-refractivity contribution in [1.29, 1.82) is 0 Å². The number of primary amides is 1. The first-order valence-corrected chi connectivity index (χ1v) is 7.71. The molecule has 2 aromatic rings. The average Bonchev–Trinajstić information content (AvgIpc) is 2.87. The molecule has 110 valence electrons. The first-order chi connectivity index (χ1) is 9.95. The number of thioether (sulfide) groups is 1. The molecule has 1 heterocycles. The number of amides is 3. The standard InChI is InChI=1S/C13H13BrN4O2S/c1-7(11(19)18-12(15)20)21-13-16-6-10(17-13)8-2-4-9(14)5-3-8/h2-7H,1H3,(H,16,17)(H3,15,18,19,20)/t7-/m0/s1. The van der Waals surface area contributed by atoms with Crippen LogP contribution >= 0.6 is 27.7 Å². The van der Waals surface area contributed by atoms with Gasteiger partial charge >= 0.3 is 6.03 Å². The Morgan fingerprint density at radius 1 is 1.38 bits per heavy atom. The number of urea groups is 1. The summed E-state index contributed by atoms with van der Waals surface area (Å²) in [6.07, 6.45) is 1.70. The summed E-state index contributed by atoms with van der Waals surface area (Å²) in [5, 5.41) is 2.15. The van der Waals surface area contributed by atoms with E-state index in [1.54, 1.807) is 13.1 Å². The highest BCUT2D eigenvalue weighted by Gasteiger charge is 2.17. The van der Waals surface area contributed by atoms with Crippen LogP contribution in [0, 0.1) is 0 Å². The number of hydrogen-bond acceptors (Lipinski definition) is 4. The first-order valence-electron chi connectivity index (χ1n) is 6.03. The van der Waals surface area contributed by atoms with Crippen LogP contribution in [-0.2, 0) is 4.79 Å². The summed E-state index contributed by atoms with van der Waals surface area (Å²) in [5.41, 5.74) is 6.76. The number of H-pyrrole nitrogens is 1. The van der Waals surface area contributed by atoms with Gasteiger partial charge in [-0.05, 0) is 24.6 Å². The van der Waals surface area contributed by atoms with Gasteiger partial charge in [-0.2, -0.15) is 0 Å². The number of carbonyl (C=O) groups is 2. The van der Waals surface area contributed by atoms with E-state index in [4.69, 9.17) is 5.73 Å². The summed E-state index contributed by atoms with van der Waals surface area (Å²) in [6.45, 7) is 1.67. The van der Waals surface area contributed by atoms with Gasteiger partial charge in [0.05, 0.1) is 17.1 Å². The topological polar surface area (TPSA) is 101 Å². The molecular weight excluding hydrogens is 356 g/mol. The van der Waals surface area contributed by atoms with Gasteiger partial charge in [-0.15, -0.1) is 0 Å². The van der Waals surface area contributed by atoms with Crippen molar-refractivity contribution in [2.24, 2.45) is 5.73 Å². The van der Waals surface area contributed by atoms with Crippen molar-refractivity contribution >= 4 is 39.6 Å². The van der Waals surface area contributed by atoms with Crippen molar-refractivity contribution in [2.75, 3.05) is 0 Å². The molecule has 2 rings (SSSR count). The zero-order chi connectivity index (χ0) is 15.4. The SMILES string of the molecule is C[C@H](Sc1ncc(-c2ccc(Br)cc2)[nH]1)C(=O)NC(N)=O. The van der Waals surface area contributed by atoms with Crippen LogP contribution < -0.4 is 11.1 Å². The number of nitrogens with one attached hydrogen (secondary N) is 2. The Kier molecular flexibility index (Phi) is 5.03. The molecule has 3 amide bonds. The fourth-order valence-corrected chi connectivity index (χ4v) is 2.63. The number of rotatable bonds is 4. The third kappa shape index (κ3) is 4.33. The largest absolute Gasteiger partial charge is 0.351 e. The van der Waals surface area contributed by atoms with Gasteiger partial charge in [-0.3, -0.25) is 10.1 Å². The smallest absolute Gasteiger partial charge is 0.318 e. The van der Waals surface area contributed by atoms with E-state index >= 15 is 0 Å². The Hall–Kier alpha value is -1.80. The number of hydrogen-bond donors (Lipinski definition) is 3. The van der Waals surface area contributed by atoms with E-state index in [0.29, 0.717) is 5.16 Å². The van der Waals surface area contributed by atoms with Crippen molar-refractivity contribution in [3.05, 3.63) is 34.9 Å². The van der Waals surface area contributed by atoms with Crippen molar-refractivity contribution in [2.45, 2.75) is 17.3 Å². The van der Waals surface area contributed by atoms with Crippen LogP contribution in [0.3, 0.4) is 0 Å². The van der Waals surface area contributed by atoms with Crippen LogP contribution in [0.2, 0.25) is 0 Å². The normalized spacial score (nSPS) is 11.9. The summed E-state index contributed by atoms with van der Waals surface area (Å²) in [4.78, 5) is 29.6. The van der Waals surface area contributed by atoms with E-state index < -0.39 is 17.2 Å². The highest BCUT2D eigenvalue weighted by molar-refractivity contribution is 9.10. The van der Waals surface area contributed by atoms with E-state index in [2.05, 4.69) is 25.9 Å². The Labute approximate surface area is 134 Å². The fourth-order valence-electron chi connectivity index (χ4n) is 1.58. The molecule has 0 unspecified atom stereocenters. The fraction of sp³-hybridized carbons (Fsp3) is 0.154. The minimum atomic E-state index is -0.859. The van der Waals surface area contributed by atoms with E-state index in [9.17, 15) is 9.59 Å². The molecule has 1 aromatic carbocycles. The predicted molar refractivity (Wildman–Crippen MR) is 84.8 cm³/mol. The van der Waals surface area contributed by atoms with Crippen LogP contribution in [0.5, 0.6) is 0 Å². The zero-order valence-electron chi connectivity index (χ0n) is 11.1. The van der Waals surface area contributed by atoms with Crippen molar-refractivity contribution in [3.63, 3.8) is 0 Å². The van der Waals surface area contributed by atoms with Gasteiger partial charge in [0.25, 0.3) is 0 Å². The lowest BCUT2D eigenvalue weighted by molar-refractivity contribution is -0.119. The summed E-state index contributed by atoms with van der Waals surface area (Å²) >= 11 is 4.60. The van der Waals surface area contributed by atoms with E-state index in [0.717, 1.165) is 15.7 Å². The quantitative estimate of drug-likeness (QED) is 0.721. The maximum absolute atomic E-state index is 11.6. The zero-order valence-corrected chi connectivity index (χ0v) is 13.5. The van der Waals surface area contributed by atoms with Crippen LogP contribution in [0.25, 0.3) is 11.3 Å². The second-order valence-electron chi connectivity index (χ2n) is 4.22. The number of benzene rings is 1. The van der Waals surface area contributed by atoms with Crippen LogP contribution in [-0.4, -0.2) is 27.2 Å². The number of nitrogens with zero attached hydrogens (tertiary/aromatic N) is 1. The lowest BCUT2D eigenvalue weighted by atomic mass is 10.2. The highest BCUT2D eigenvalue weighted by Crippen LogP contribution is 2.25. The van der Waals surface area contributed by atoms with Gasteiger partial charge in [0.1, 0.15) is 0 Å². The second kappa shape index (κ2) is 6.77. The Morgan fingerprint density at radius 3 is 2.67 bits per heavy atom. The molecule has 6 nitrogen and oxygen atoms in total. The predicted octanol–water partition coefficient (Wildman–Crippen LogP) is 2.51. The lowest BCUT2D eigenvalue weighted by Crippen LogP contribution is -2.39. The van der Waals surface area contributed by atoms with Crippen molar-refractivity contribution in [1.82, 2.24) is 15.3 Å². The van der Waals surface area contributed by atoms with Gasteiger partial charge in [0.2, 0.25) is 5.91 Å². The number of aromatic nitrogens is 2. The number of nitrogens with two attached hydrogens (primary N) is 1. The molecule has 0 bridgehead atoms. The van der Waals surface area contributed by atoms with E-state index in [1.807, 2.05) is 29.6 Å². The second-order valence-corrected chi connectivity index (χ2v) is 6.47. The molecule has 0 aliphatic carbocycles. The van der Waals surface area contributed by atoms with E-state index in [-0.39, 0.29) is 0 Å². The number of aromatic amines is 1. The molecule has 0 saturated carbocycles. The maximum Gasteiger partial charge on any atom is 0.318 e. The van der Waals surface area contributed by atoms with Crippen LogP contribution in [0.4, 0.5) is 4.79 Å². The monoisotopic (exact) mass is 368 g/mol. The van der Waals surface area contributed by atoms with E-state index in [1.165, 1.54) is 11.8 Å². The minimum absolute atomic E-state index is 0.450. The van der Waals surface area contributed by atoms with Crippen LogP contribution in [0.1, 0.15) is 6.92 Å². The molecule has 8 heteroatoms. The third-order valence-electron chi connectivity index (χ3n) is 2.61. The minimum Gasteiger partial charge on any atom is -0.351 e. The Balaban J connectivity index is 2.04. The number of halogens is 1. The van der Waals surface area contributed by atoms with Crippen LogP contribution in [0.15, 0.2) is 40.1 Å². The maximum atomic E-state index is 11.6. The molecule has 0 aliphatic rings. The molecule has 0 aliphatic heterocycles. The first kappa shape index (κ1) is 15.6. The molecule has 1 atom stereocenters. The Bertz CT molecular complexity index is 656. The molecular formula is C13H13BrN4O2S. The molecule has 0 saturated heterocycles. The average molecular weight is 369 g/mol. The summed E-state index contributed by atoms with van der Waals surface area (Å²) in [5.74, 6) is -0.450. The summed E-state index contributed by atoms with van der Waals surface area (Å²) < 4.78 is 0.997. The molecule has 1 aromatic heterocycles. The molecule has 0 spiro atoms. The van der Waals surface area contributed by atoms with Gasteiger partial charge < -0.3 is 10.7 Å². The lowest BCUT2D eigenvalue weighted by Gasteiger charge is -2.07. The van der Waals surface area contributed by atoms with Gasteiger partial charge in [-0.1, -0.05) is 39.8 Å². The number of imide groups is 1. The summed E-state index contributed by atoms with van der Waals surface area (Å²) in [6, 6.07) is 6.92. The summed E-state index contributed by atoms with van der Waals surface area (Å²) in [7, 11) is 0. The van der Waals surface area contributed by atoms with Gasteiger partial charge in [-0.25, -0.2) is 9.78 Å². The molecule has 21 heavy (non-hydrogen) atoms. The van der Waals surface area contributed by atoms with Crippen molar-refractivity contribution in [3.8, 4) is 11.3 Å². The molecule has 4 N–H and O–H groups in total. The third-order valence-corrected chi connectivity index (χ3v) is 4.14. The van der Waals surface area contributed by atoms with Crippen molar-refractivity contribution < 1.29 is 9.59 Å². The molecule has 0 fully saturated rings. The van der Waals surface area contributed by atoms with Gasteiger partial charge in [0, 0.05) is 4.47 Å². The molecule has 0 radical (unpaired) electrons. The highest BCUT2D eigenvalue weighted by atomic mass is 79.9. The Morgan fingerprint density at radius 2 is 2.05 bits per heavy atom. The number of imidazole rings is 1. The number of carbonyl (C=O) groups excluding carboxylic acids is 2.